The summed E-state index contributed by atoms with van der Waals surface area (Å²) in [5.41, 5.74) is 0.764. The normalized spacial score (nSPS) is 10.7. The molecule has 1 aromatic rings. The number of benzene rings is 1. The highest BCUT2D eigenvalue weighted by molar-refractivity contribution is 5.29. The van der Waals surface area contributed by atoms with Gasteiger partial charge in [0.1, 0.15) is 6.10 Å². The zero-order valence-electron chi connectivity index (χ0n) is 6.49. The van der Waals surface area contributed by atoms with Crippen LogP contribution in [0.25, 0.3) is 0 Å². The van der Waals surface area contributed by atoms with Crippen LogP contribution in [0.2, 0.25) is 0 Å². The van der Waals surface area contributed by atoms with Crippen molar-refractivity contribution in [2.45, 2.75) is 6.10 Å². The van der Waals surface area contributed by atoms with Crippen molar-refractivity contribution >= 4 is 0 Å². The van der Waals surface area contributed by atoms with Crippen molar-refractivity contribution in [1.82, 2.24) is 0 Å². The summed E-state index contributed by atoms with van der Waals surface area (Å²) < 4.78 is 0. The molecule has 1 N–H and O–H groups in total. The Bertz CT molecular complexity index is 335. The Balaban J connectivity index is 2.80. The van der Waals surface area contributed by atoms with Crippen LogP contribution in [0.5, 0.6) is 0 Å². The monoisotopic (exact) mass is 156 g/mol. The Morgan fingerprint density at radius 3 is 2.50 bits per heavy atom. The average Bonchev–Trinajstić information content (AvgIpc) is 2.15. The molecule has 0 aromatic heterocycles. The van der Waals surface area contributed by atoms with Gasteiger partial charge in [-0.25, -0.2) is 0 Å². The lowest BCUT2D eigenvalue weighted by Crippen LogP contribution is -1.91. The van der Waals surface area contributed by atoms with Gasteiger partial charge in [0, 0.05) is 0 Å². The van der Waals surface area contributed by atoms with Gasteiger partial charge in [-0.05, 0) is 17.4 Å². The number of hydrogen-bond acceptors (Lipinski definition) is 1. The molecule has 0 spiro atoms. The molecular formula is C11H8O. The average molecular weight is 156 g/mol. The van der Waals surface area contributed by atoms with Crippen molar-refractivity contribution in [3.63, 3.8) is 0 Å². The van der Waals surface area contributed by atoms with E-state index < -0.39 is 6.10 Å². The van der Waals surface area contributed by atoms with Crippen LogP contribution in [0, 0.1) is 24.2 Å². The van der Waals surface area contributed by atoms with Crippen molar-refractivity contribution in [2.75, 3.05) is 0 Å². The molecule has 1 heteroatoms. The van der Waals surface area contributed by atoms with Gasteiger partial charge >= 0.3 is 0 Å². The lowest BCUT2D eigenvalue weighted by Gasteiger charge is -2.00. The van der Waals surface area contributed by atoms with E-state index >= 15 is 0 Å². The minimum atomic E-state index is -0.776. The highest BCUT2D eigenvalue weighted by atomic mass is 16.3. The van der Waals surface area contributed by atoms with E-state index in [1.54, 1.807) is 12.1 Å². The second-order valence-electron chi connectivity index (χ2n) is 2.23. The summed E-state index contributed by atoms with van der Waals surface area (Å²) >= 11 is 0. The number of aliphatic hydroxyl groups is 1. The molecule has 0 bridgehead atoms. The summed E-state index contributed by atoms with van der Waals surface area (Å²) in [6.45, 7) is 0. The van der Waals surface area contributed by atoms with E-state index in [1.165, 1.54) is 0 Å². The first-order valence-electron chi connectivity index (χ1n) is 3.53. The minimum absolute atomic E-state index is 0.764. The van der Waals surface area contributed by atoms with E-state index in [2.05, 4.69) is 17.8 Å². The second-order valence-corrected chi connectivity index (χ2v) is 2.23. The molecule has 12 heavy (non-hydrogen) atoms. The van der Waals surface area contributed by atoms with Gasteiger partial charge in [-0.3, -0.25) is 0 Å². The molecule has 0 heterocycles. The topological polar surface area (TPSA) is 20.2 Å². The third kappa shape index (κ3) is 2.16. The molecule has 0 aliphatic carbocycles. The Morgan fingerprint density at radius 1 is 1.25 bits per heavy atom. The molecule has 0 saturated carbocycles. The summed E-state index contributed by atoms with van der Waals surface area (Å²) in [4.78, 5) is 0. The molecule has 1 rings (SSSR count). The van der Waals surface area contributed by atoms with Gasteiger partial charge < -0.3 is 5.11 Å². The maximum Gasteiger partial charge on any atom is 0.141 e. The van der Waals surface area contributed by atoms with Gasteiger partial charge in [0.05, 0.1) is 0 Å². The van der Waals surface area contributed by atoms with Gasteiger partial charge in [-0.15, -0.1) is 6.42 Å². The van der Waals surface area contributed by atoms with E-state index in [-0.39, 0.29) is 0 Å². The lowest BCUT2D eigenvalue weighted by molar-refractivity contribution is 0.238. The fourth-order valence-corrected chi connectivity index (χ4v) is 0.829. The summed E-state index contributed by atoms with van der Waals surface area (Å²) in [6.07, 6.45) is 4.14. The van der Waals surface area contributed by atoms with E-state index in [0.717, 1.165) is 5.56 Å². The first kappa shape index (κ1) is 8.40. The highest BCUT2D eigenvalue weighted by Crippen LogP contribution is 2.09. The molecule has 0 fully saturated rings. The van der Waals surface area contributed by atoms with Crippen LogP contribution in [0.4, 0.5) is 0 Å². The van der Waals surface area contributed by atoms with Crippen LogP contribution in [-0.4, -0.2) is 5.11 Å². The van der Waals surface area contributed by atoms with Gasteiger partial charge in [0.2, 0.25) is 0 Å². The SMILES string of the molecule is C#CC#C[C@H](O)c1ccccc1. The molecular weight excluding hydrogens is 148 g/mol. The van der Waals surface area contributed by atoms with Gasteiger partial charge in [0.25, 0.3) is 0 Å². The molecule has 1 atom stereocenters. The van der Waals surface area contributed by atoms with Crippen LogP contribution < -0.4 is 0 Å². The predicted octanol–water partition coefficient (Wildman–Crippen LogP) is 1.36. The lowest BCUT2D eigenvalue weighted by atomic mass is 10.1. The van der Waals surface area contributed by atoms with Crippen molar-refractivity contribution in [1.29, 1.82) is 0 Å². The number of terminal acetylenes is 1. The Hall–Kier alpha value is -1.70. The van der Waals surface area contributed by atoms with Gasteiger partial charge in [-0.2, -0.15) is 0 Å². The summed E-state index contributed by atoms with van der Waals surface area (Å²) in [5, 5.41) is 9.38. The Kier molecular flexibility index (Phi) is 2.96. The molecule has 0 amide bonds. The van der Waals surface area contributed by atoms with Crippen LogP contribution in [0.1, 0.15) is 11.7 Å². The number of aliphatic hydroxyl groups excluding tert-OH is 1. The fraction of sp³-hybridized carbons (Fsp3) is 0.0909. The van der Waals surface area contributed by atoms with Crippen molar-refractivity contribution in [2.24, 2.45) is 0 Å². The van der Waals surface area contributed by atoms with E-state index in [4.69, 9.17) is 6.42 Å². The molecule has 0 aliphatic heterocycles. The summed E-state index contributed by atoms with van der Waals surface area (Å²) in [6, 6.07) is 9.17. The smallest absolute Gasteiger partial charge is 0.141 e. The van der Waals surface area contributed by atoms with Gasteiger partial charge in [-0.1, -0.05) is 36.3 Å². The highest BCUT2D eigenvalue weighted by Gasteiger charge is 1.99. The molecule has 0 aliphatic rings. The molecule has 1 aromatic carbocycles. The van der Waals surface area contributed by atoms with E-state index in [0.29, 0.717) is 0 Å². The van der Waals surface area contributed by atoms with E-state index in [1.807, 2.05) is 18.2 Å². The first-order valence-corrected chi connectivity index (χ1v) is 3.53. The quantitative estimate of drug-likeness (QED) is 0.608. The maximum atomic E-state index is 9.38. The van der Waals surface area contributed by atoms with Crippen LogP contribution in [0.15, 0.2) is 30.3 Å². The number of hydrogen-bond donors (Lipinski definition) is 1. The largest absolute Gasteiger partial charge is 0.376 e. The van der Waals surface area contributed by atoms with Crippen LogP contribution in [0.3, 0.4) is 0 Å². The fourth-order valence-electron chi connectivity index (χ4n) is 0.829. The summed E-state index contributed by atoms with van der Waals surface area (Å²) in [5.74, 6) is 7.04. The number of rotatable bonds is 1. The van der Waals surface area contributed by atoms with Crippen molar-refractivity contribution < 1.29 is 5.11 Å². The standard InChI is InChI=1S/C11H8O/c1-2-3-9-11(12)10-7-5-4-6-8-10/h1,4-8,11-12H/t11-/m0/s1. The van der Waals surface area contributed by atoms with Crippen molar-refractivity contribution in [3.05, 3.63) is 35.9 Å². The minimum Gasteiger partial charge on any atom is -0.376 e. The second kappa shape index (κ2) is 4.23. The first-order chi connectivity index (χ1) is 5.84. The molecule has 1 nitrogen and oxygen atoms in total. The zero-order chi connectivity index (χ0) is 8.81. The molecule has 0 saturated heterocycles. The molecule has 0 unspecified atom stereocenters. The predicted molar refractivity (Wildman–Crippen MR) is 48.0 cm³/mol. The third-order valence-electron chi connectivity index (χ3n) is 1.40. The molecule has 0 radical (unpaired) electrons. The van der Waals surface area contributed by atoms with Crippen molar-refractivity contribution in [3.8, 4) is 24.2 Å². The van der Waals surface area contributed by atoms with Crippen LogP contribution in [-0.2, 0) is 0 Å². The van der Waals surface area contributed by atoms with Crippen LogP contribution >= 0.6 is 0 Å². The zero-order valence-corrected chi connectivity index (χ0v) is 6.49. The Labute approximate surface area is 72.0 Å². The van der Waals surface area contributed by atoms with Gasteiger partial charge in [0.15, 0.2) is 0 Å². The van der Waals surface area contributed by atoms with E-state index in [9.17, 15) is 5.11 Å². The summed E-state index contributed by atoms with van der Waals surface area (Å²) in [7, 11) is 0. The Morgan fingerprint density at radius 2 is 1.92 bits per heavy atom. The third-order valence-corrected chi connectivity index (χ3v) is 1.40. The molecule has 58 valence electrons. The maximum absolute atomic E-state index is 9.38.